The van der Waals surface area contributed by atoms with Crippen LogP contribution in [0.25, 0.3) is 0 Å². The van der Waals surface area contributed by atoms with Crippen LogP contribution in [0.5, 0.6) is 0 Å². The van der Waals surface area contributed by atoms with Crippen LogP contribution in [0.1, 0.15) is 129 Å². The van der Waals surface area contributed by atoms with Crippen LogP contribution >= 0.6 is 0 Å². The second-order valence-electron chi connectivity index (χ2n) is 8.29. The van der Waals surface area contributed by atoms with Gasteiger partial charge in [0.25, 0.3) is 0 Å². The fourth-order valence-electron chi connectivity index (χ4n) is 3.61. The van der Waals surface area contributed by atoms with Gasteiger partial charge in [-0.15, -0.1) is 0 Å². The summed E-state index contributed by atoms with van der Waals surface area (Å²) in [5, 5.41) is 8.87. The van der Waals surface area contributed by atoms with Crippen LogP contribution in [0, 0.1) is 5.92 Å². The van der Waals surface area contributed by atoms with E-state index in [-0.39, 0.29) is 35.5 Å². The topological polar surface area (TPSA) is 63.3 Å². The van der Waals surface area contributed by atoms with E-state index in [1.807, 2.05) is 6.92 Å². The summed E-state index contributed by atoms with van der Waals surface area (Å²) in [6.07, 6.45) is 24.3. The monoisotopic (exact) mass is 393 g/mol. The second kappa shape index (κ2) is 22.7. The normalized spacial score (nSPS) is 13.1. The molecule has 0 spiro atoms. The third-order valence-electron chi connectivity index (χ3n) is 5.66. The van der Waals surface area contributed by atoms with E-state index in [1.54, 1.807) is 0 Å². The molecule has 4 heteroatoms. The van der Waals surface area contributed by atoms with Crippen molar-refractivity contribution in [3.8, 4) is 0 Å². The van der Waals surface area contributed by atoms with Crippen LogP contribution in [-0.2, 0) is 4.79 Å². The summed E-state index contributed by atoms with van der Waals surface area (Å²) < 4.78 is 0. The van der Waals surface area contributed by atoms with Gasteiger partial charge < -0.3 is 10.8 Å². The van der Waals surface area contributed by atoms with Crippen molar-refractivity contribution in [1.82, 2.24) is 0 Å². The quantitative estimate of drug-likeness (QED) is 0.185. The van der Waals surface area contributed by atoms with E-state index in [0.29, 0.717) is 0 Å². The van der Waals surface area contributed by atoms with Crippen molar-refractivity contribution >= 4 is 35.5 Å². The summed E-state index contributed by atoms with van der Waals surface area (Å²) >= 11 is 0. The molecule has 3 N–H and O–H groups in total. The summed E-state index contributed by atoms with van der Waals surface area (Å²) in [7, 11) is 0. The molecule has 0 aromatic heterocycles. The minimum absolute atomic E-state index is 0. The molecule has 27 heavy (non-hydrogen) atoms. The van der Waals surface area contributed by atoms with Gasteiger partial charge in [0.05, 0.1) is 0 Å². The zero-order chi connectivity index (χ0) is 19.5. The van der Waals surface area contributed by atoms with E-state index < -0.39 is 12.0 Å². The SMILES string of the molecule is CCCCCCCCCCCCCCCCCCCC(C)[C@H](N)C(=O)O.[NaH]. The molecule has 0 bridgehead atoms. The van der Waals surface area contributed by atoms with Gasteiger partial charge in [0.15, 0.2) is 0 Å². The van der Waals surface area contributed by atoms with Crippen LogP contribution in [-0.4, -0.2) is 46.7 Å². The molecular weight excluding hydrogens is 345 g/mol. The Morgan fingerprint density at radius 1 is 0.704 bits per heavy atom. The summed E-state index contributed by atoms with van der Waals surface area (Å²) in [6, 6.07) is -0.698. The molecule has 0 aromatic rings. The molecular formula is C23H48NNaO2. The summed E-state index contributed by atoms with van der Waals surface area (Å²) in [5.74, 6) is -0.784. The third-order valence-corrected chi connectivity index (χ3v) is 5.66. The predicted molar refractivity (Wildman–Crippen MR) is 121 cm³/mol. The number of carboxylic acid groups (broad SMARTS) is 1. The van der Waals surface area contributed by atoms with Gasteiger partial charge >= 0.3 is 35.5 Å². The number of carbonyl (C=O) groups is 1. The summed E-state index contributed by atoms with van der Waals surface area (Å²) in [6.45, 7) is 4.23. The van der Waals surface area contributed by atoms with Crippen LogP contribution < -0.4 is 5.73 Å². The van der Waals surface area contributed by atoms with Crippen molar-refractivity contribution in [2.24, 2.45) is 11.7 Å². The van der Waals surface area contributed by atoms with Crippen molar-refractivity contribution < 1.29 is 9.90 Å². The van der Waals surface area contributed by atoms with Crippen molar-refractivity contribution in [3.05, 3.63) is 0 Å². The zero-order valence-corrected chi connectivity index (χ0v) is 17.8. The first-order chi connectivity index (χ1) is 12.6. The Morgan fingerprint density at radius 2 is 1.00 bits per heavy atom. The van der Waals surface area contributed by atoms with Gasteiger partial charge in [-0.05, 0) is 12.3 Å². The van der Waals surface area contributed by atoms with Crippen molar-refractivity contribution in [3.63, 3.8) is 0 Å². The molecule has 0 aliphatic carbocycles. The molecule has 0 radical (unpaired) electrons. The molecule has 0 saturated heterocycles. The average molecular weight is 394 g/mol. The molecule has 0 aliphatic heterocycles. The predicted octanol–water partition coefficient (Wildman–Crippen LogP) is 6.43. The number of hydrogen-bond acceptors (Lipinski definition) is 2. The molecule has 0 amide bonds. The van der Waals surface area contributed by atoms with E-state index >= 15 is 0 Å². The first-order valence-corrected chi connectivity index (χ1v) is 11.6. The zero-order valence-electron chi connectivity index (χ0n) is 17.8. The molecule has 1 unspecified atom stereocenters. The van der Waals surface area contributed by atoms with Gasteiger partial charge in [-0.1, -0.05) is 123 Å². The number of nitrogens with two attached hydrogens (primary N) is 1. The van der Waals surface area contributed by atoms with Gasteiger partial charge in [0.1, 0.15) is 6.04 Å². The van der Waals surface area contributed by atoms with Gasteiger partial charge in [-0.3, -0.25) is 4.79 Å². The fourth-order valence-corrected chi connectivity index (χ4v) is 3.61. The van der Waals surface area contributed by atoms with Gasteiger partial charge in [0.2, 0.25) is 0 Å². The van der Waals surface area contributed by atoms with Crippen molar-refractivity contribution in [2.75, 3.05) is 0 Å². The minimum atomic E-state index is -0.871. The number of rotatable bonds is 20. The number of unbranched alkanes of at least 4 members (excludes halogenated alkanes) is 16. The van der Waals surface area contributed by atoms with Gasteiger partial charge in [-0.2, -0.15) is 0 Å². The molecule has 0 saturated carbocycles. The standard InChI is InChI=1S/C23H47NO2.Na.H/c1-3-4-5-6-7-8-9-10-11-12-13-14-15-16-17-18-19-20-21(2)22(24)23(25)26;;/h21-22H,3-20,24H2,1-2H3,(H,25,26);;/t21?,22-;;/m0../s1. The molecule has 0 aromatic carbocycles. The Labute approximate surface area is 191 Å². The maximum atomic E-state index is 10.8. The Kier molecular flexibility index (Phi) is 24.9. The Bertz CT molecular complexity index is 313. The fraction of sp³-hybridized carbons (Fsp3) is 0.957. The third kappa shape index (κ3) is 21.0. The maximum absolute atomic E-state index is 10.8. The second-order valence-corrected chi connectivity index (χ2v) is 8.29. The Hall–Kier alpha value is 0.430. The number of hydrogen-bond donors (Lipinski definition) is 2. The average Bonchev–Trinajstić information content (AvgIpc) is 2.63. The number of aliphatic carboxylic acids is 1. The van der Waals surface area contributed by atoms with Crippen LogP contribution in [0.3, 0.4) is 0 Å². The molecule has 3 nitrogen and oxygen atoms in total. The first kappa shape index (κ1) is 29.6. The van der Waals surface area contributed by atoms with E-state index in [4.69, 9.17) is 10.8 Å². The summed E-state index contributed by atoms with van der Waals surface area (Å²) in [5.41, 5.74) is 5.63. The van der Waals surface area contributed by atoms with E-state index in [1.165, 1.54) is 103 Å². The molecule has 2 atom stereocenters. The van der Waals surface area contributed by atoms with Crippen molar-refractivity contribution in [1.29, 1.82) is 0 Å². The Balaban J connectivity index is 0. The summed E-state index contributed by atoms with van der Waals surface area (Å²) in [4.78, 5) is 10.8. The molecule has 0 heterocycles. The Morgan fingerprint density at radius 3 is 1.30 bits per heavy atom. The van der Waals surface area contributed by atoms with Gasteiger partial charge in [-0.25, -0.2) is 0 Å². The molecule has 0 rings (SSSR count). The first-order valence-electron chi connectivity index (χ1n) is 11.6. The van der Waals surface area contributed by atoms with E-state index in [2.05, 4.69) is 6.92 Å². The van der Waals surface area contributed by atoms with Crippen LogP contribution in [0.2, 0.25) is 0 Å². The molecule has 158 valence electrons. The number of carboxylic acids is 1. The van der Waals surface area contributed by atoms with E-state index in [9.17, 15) is 4.79 Å². The van der Waals surface area contributed by atoms with Crippen LogP contribution in [0.4, 0.5) is 0 Å². The van der Waals surface area contributed by atoms with Crippen molar-refractivity contribution in [2.45, 2.75) is 135 Å². The molecule has 0 fully saturated rings. The molecule has 0 aliphatic rings. The van der Waals surface area contributed by atoms with Crippen LogP contribution in [0.15, 0.2) is 0 Å². The van der Waals surface area contributed by atoms with E-state index in [0.717, 1.165) is 12.8 Å². The van der Waals surface area contributed by atoms with Gasteiger partial charge in [0, 0.05) is 0 Å².